The Morgan fingerprint density at radius 2 is 1.89 bits per heavy atom. The van der Waals surface area contributed by atoms with Crippen molar-refractivity contribution in [3.63, 3.8) is 0 Å². The molecule has 1 aliphatic rings. The number of piperazine rings is 1. The van der Waals surface area contributed by atoms with Gasteiger partial charge in [-0.05, 0) is 43.3 Å². The van der Waals surface area contributed by atoms with E-state index in [1.54, 1.807) is 25.1 Å². The van der Waals surface area contributed by atoms with Gasteiger partial charge in [0.2, 0.25) is 0 Å². The molecule has 0 atom stereocenters. The summed E-state index contributed by atoms with van der Waals surface area (Å²) in [4.78, 5) is 26.4. The summed E-state index contributed by atoms with van der Waals surface area (Å²) in [5.41, 5.74) is 1.03. The molecule has 2 aromatic carbocycles. The molecule has 0 spiro atoms. The largest absolute Gasteiger partial charge is 0.488 e. The van der Waals surface area contributed by atoms with E-state index >= 15 is 0 Å². The molecular formula is C20H23ClN3O4+. The lowest BCUT2D eigenvalue weighted by Crippen LogP contribution is -3.15. The maximum atomic E-state index is 12.7. The van der Waals surface area contributed by atoms with Gasteiger partial charge in [-0.2, -0.15) is 0 Å². The Bertz CT molecular complexity index is 849. The van der Waals surface area contributed by atoms with Gasteiger partial charge in [0.25, 0.3) is 11.6 Å². The van der Waals surface area contributed by atoms with E-state index in [0.717, 1.165) is 25.4 Å². The number of aryl methyl sites for hydroxylation is 1. The molecule has 1 saturated heterocycles. The molecule has 1 heterocycles. The maximum absolute atomic E-state index is 12.7. The van der Waals surface area contributed by atoms with E-state index in [-0.39, 0.29) is 11.6 Å². The lowest BCUT2D eigenvalue weighted by Gasteiger charge is -2.32. The lowest BCUT2D eigenvalue weighted by molar-refractivity contribution is -0.903. The van der Waals surface area contributed by atoms with Gasteiger partial charge in [-0.15, -0.1) is 0 Å². The van der Waals surface area contributed by atoms with Crippen LogP contribution in [0.4, 0.5) is 5.69 Å². The lowest BCUT2D eigenvalue weighted by atomic mass is 10.1. The van der Waals surface area contributed by atoms with Crippen molar-refractivity contribution in [1.29, 1.82) is 0 Å². The SMILES string of the molecule is Cc1cc(C(=O)N2CC[NH+](CCOc3ccc(Cl)cc3)CC2)ccc1[N+](=O)[O-]. The van der Waals surface area contributed by atoms with Crippen LogP contribution in [0.2, 0.25) is 5.02 Å². The summed E-state index contributed by atoms with van der Waals surface area (Å²) in [6.07, 6.45) is 0. The van der Waals surface area contributed by atoms with Gasteiger partial charge < -0.3 is 14.5 Å². The molecule has 8 heteroatoms. The van der Waals surface area contributed by atoms with Crippen molar-refractivity contribution < 1.29 is 19.4 Å². The molecule has 7 nitrogen and oxygen atoms in total. The highest BCUT2D eigenvalue weighted by Crippen LogP contribution is 2.20. The number of rotatable bonds is 6. The Labute approximate surface area is 168 Å². The number of amides is 1. The van der Waals surface area contributed by atoms with Crippen LogP contribution in [-0.2, 0) is 0 Å². The summed E-state index contributed by atoms with van der Waals surface area (Å²) in [5, 5.41) is 11.6. The van der Waals surface area contributed by atoms with Crippen LogP contribution in [-0.4, -0.2) is 55.1 Å². The fourth-order valence-corrected chi connectivity index (χ4v) is 3.42. The van der Waals surface area contributed by atoms with E-state index in [4.69, 9.17) is 16.3 Å². The zero-order valence-corrected chi connectivity index (χ0v) is 16.4. The molecule has 0 radical (unpaired) electrons. The topological polar surface area (TPSA) is 77.1 Å². The second kappa shape index (κ2) is 9.03. The first-order chi connectivity index (χ1) is 13.4. The number of halogens is 1. The molecular weight excluding hydrogens is 382 g/mol. The first-order valence-corrected chi connectivity index (χ1v) is 9.58. The Kier molecular flexibility index (Phi) is 6.49. The quantitative estimate of drug-likeness (QED) is 0.590. The highest BCUT2D eigenvalue weighted by molar-refractivity contribution is 6.30. The Morgan fingerprint density at radius 3 is 2.50 bits per heavy atom. The first kappa shape index (κ1) is 20.1. The maximum Gasteiger partial charge on any atom is 0.272 e. The van der Waals surface area contributed by atoms with E-state index in [9.17, 15) is 14.9 Å². The normalized spacial score (nSPS) is 14.7. The molecule has 148 valence electrons. The molecule has 1 fully saturated rings. The number of nitro groups is 1. The molecule has 28 heavy (non-hydrogen) atoms. The summed E-state index contributed by atoms with van der Waals surface area (Å²) >= 11 is 5.86. The van der Waals surface area contributed by atoms with E-state index in [0.29, 0.717) is 35.8 Å². The minimum atomic E-state index is -0.433. The predicted octanol–water partition coefficient (Wildman–Crippen LogP) is 1.98. The summed E-state index contributed by atoms with van der Waals surface area (Å²) in [7, 11) is 0. The van der Waals surface area contributed by atoms with E-state index in [1.165, 1.54) is 17.0 Å². The number of nitrogens with one attached hydrogen (secondary N) is 1. The van der Waals surface area contributed by atoms with Gasteiger partial charge in [0.05, 0.1) is 31.1 Å². The average Bonchev–Trinajstić information content (AvgIpc) is 2.69. The van der Waals surface area contributed by atoms with Crippen LogP contribution in [0.3, 0.4) is 0 Å². The van der Waals surface area contributed by atoms with E-state index in [2.05, 4.69) is 0 Å². The summed E-state index contributed by atoms with van der Waals surface area (Å²) in [6.45, 7) is 6.13. The molecule has 3 rings (SSSR count). The standard InChI is InChI=1S/C20H22ClN3O4/c1-15-14-16(2-7-19(15)24(26)27)20(25)23-10-8-22(9-11-23)12-13-28-18-5-3-17(21)4-6-18/h2-7,14H,8-13H2,1H3/p+1. The monoisotopic (exact) mass is 404 g/mol. The molecule has 2 aromatic rings. The van der Waals surface area contributed by atoms with E-state index < -0.39 is 4.92 Å². The molecule has 0 saturated carbocycles. The fourth-order valence-electron chi connectivity index (χ4n) is 3.30. The number of carbonyl (C=O) groups excluding carboxylic acids is 1. The third-order valence-electron chi connectivity index (χ3n) is 4.94. The van der Waals surface area contributed by atoms with Crippen molar-refractivity contribution in [3.8, 4) is 5.75 Å². The second-order valence-corrected chi connectivity index (χ2v) is 7.29. The summed E-state index contributed by atoms with van der Waals surface area (Å²) < 4.78 is 5.74. The Hall–Kier alpha value is -2.64. The van der Waals surface area contributed by atoms with Crippen LogP contribution >= 0.6 is 11.6 Å². The zero-order valence-electron chi connectivity index (χ0n) is 15.7. The third-order valence-corrected chi connectivity index (χ3v) is 5.19. The molecule has 1 aliphatic heterocycles. The number of ether oxygens (including phenoxy) is 1. The minimum absolute atomic E-state index is 0.0338. The molecule has 0 bridgehead atoms. The molecule has 1 amide bonds. The van der Waals surface area contributed by atoms with Crippen molar-refractivity contribution in [2.24, 2.45) is 0 Å². The minimum Gasteiger partial charge on any atom is -0.488 e. The van der Waals surface area contributed by atoms with Gasteiger partial charge in [0.15, 0.2) is 0 Å². The third kappa shape index (κ3) is 4.99. The number of nitro benzene ring substituents is 1. The van der Waals surface area contributed by atoms with Crippen LogP contribution < -0.4 is 9.64 Å². The van der Waals surface area contributed by atoms with Gasteiger partial charge in [0, 0.05) is 22.2 Å². The van der Waals surface area contributed by atoms with Crippen molar-refractivity contribution >= 4 is 23.2 Å². The average molecular weight is 405 g/mol. The number of hydrogen-bond donors (Lipinski definition) is 1. The van der Waals surface area contributed by atoms with Gasteiger partial charge in [0.1, 0.15) is 18.9 Å². The predicted molar refractivity (Wildman–Crippen MR) is 106 cm³/mol. The fraction of sp³-hybridized carbons (Fsp3) is 0.350. The van der Waals surface area contributed by atoms with Gasteiger partial charge in [-0.25, -0.2) is 0 Å². The van der Waals surface area contributed by atoms with Crippen molar-refractivity contribution in [1.82, 2.24) is 4.90 Å². The molecule has 0 aromatic heterocycles. The number of benzene rings is 2. The van der Waals surface area contributed by atoms with Crippen LogP contribution in [0.25, 0.3) is 0 Å². The van der Waals surface area contributed by atoms with Gasteiger partial charge >= 0.3 is 0 Å². The second-order valence-electron chi connectivity index (χ2n) is 6.85. The smallest absolute Gasteiger partial charge is 0.272 e. The van der Waals surface area contributed by atoms with Crippen LogP contribution in [0.5, 0.6) is 5.75 Å². The Balaban J connectivity index is 1.46. The van der Waals surface area contributed by atoms with Gasteiger partial charge in [-0.3, -0.25) is 14.9 Å². The number of nitrogens with zero attached hydrogens (tertiary/aromatic N) is 2. The van der Waals surface area contributed by atoms with Crippen molar-refractivity contribution in [2.75, 3.05) is 39.3 Å². The van der Waals surface area contributed by atoms with Crippen LogP contribution in [0.1, 0.15) is 15.9 Å². The number of hydrogen-bond acceptors (Lipinski definition) is 4. The zero-order chi connectivity index (χ0) is 20.1. The summed E-state index contributed by atoms with van der Waals surface area (Å²) in [6, 6.07) is 11.8. The van der Waals surface area contributed by atoms with Crippen molar-refractivity contribution in [2.45, 2.75) is 6.92 Å². The molecule has 1 N–H and O–H groups in total. The van der Waals surface area contributed by atoms with Gasteiger partial charge in [-0.1, -0.05) is 11.6 Å². The number of quaternary nitrogens is 1. The molecule has 0 unspecified atom stereocenters. The highest BCUT2D eigenvalue weighted by Gasteiger charge is 2.25. The van der Waals surface area contributed by atoms with E-state index in [1.807, 2.05) is 17.0 Å². The molecule has 0 aliphatic carbocycles. The first-order valence-electron chi connectivity index (χ1n) is 9.20. The Morgan fingerprint density at radius 1 is 1.21 bits per heavy atom. The van der Waals surface area contributed by atoms with Crippen LogP contribution in [0.15, 0.2) is 42.5 Å². The van der Waals surface area contributed by atoms with Crippen molar-refractivity contribution in [3.05, 3.63) is 68.7 Å². The number of carbonyl (C=O) groups is 1. The highest BCUT2D eigenvalue weighted by atomic mass is 35.5. The van der Waals surface area contributed by atoms with Crippen LogP contribution in [0, 0.1) is 17.0 Å². The summed E-state index contributed by atoms with van der Waals surface area (Å²) in [5.74, 6) is 0.723.